The molecule has 2 aromatic rings. The second-order valence-corrected chi connectivity index (χ2v) is 8.98. The number of halogens is 2. The lowest BCUT2D eigenvalue weighted by molar-refractivity contribution is -0.163. The summed E-state index contributed by atoms with van der Waals surface area (Å²) in [6.45, 7) is 3.70. The summed E-state index contributed by atoms with van der Waals surface area (Å²) in [7, 11) is 0. The van der Waals surface area contributed by atoms with Crippen LogP contribution in [0.1, 0.15) is 56.2 Å². The molecule has 1 aliphatic rings. The van der Waals surface area contributed by atoms with Crippen LogP contribution in [-0.4, -0.2) is 40.5 Å². The summed E-state index contributed by atoms with van der Waals surface area (Å²) in [5, 5.41) is 10.6. The van der Waals surface area contributed by atoms with Crippen LogP contribution in [0.4, 0.5) is 0 Å². The number of carboxylic acid groups (broad SMARTS) is 1. The smallest absolute Gasteiger partial charge is 0.328 e. The first-order valence-electron chi connectivity index (χ1n) is 11.0. The lowest BCUT2D eigenvalue weighted by Crippen LogP contribution is -2.54. The summed E-state index contributed by atoms with van der Waals surface area (Å²) in [4.78, 5) is 39.7. The molecule has 0 spiro atoms. The van der Waals surface area contributed by atoms with Gasteiger partial charge in [0, 0.05) is 21.9 Å². The fourth-order valence-corrected chi connectivity index (χ4v) is 4.96. The Bertz CT molecular complexity index is 1010. The van der Waals surface area contributed by atoms with Crippen LogP contribution >= 0.6 is 23.2 Å². The van der Waals surface area contributed by atoms with Gasteiger partial charge in [0.15, 0.2) is 0 Å². The highest BCUT2D eigenvalue weighted by molar-refractivity contribution is 6.30. The quantitative estimate of drug-likeness (QED) is 0.494. The van der Waals surface area contributed by atoms with Gasteiger partial charge < -0.3 is 14.7 Å². The maximum atomic E-state index is 13.7. The van der Waals surface area contributed by atoms with Crippen molar-refractivity contribution in [3.05, 3.63) is 69.7 Å². The molecule has 0 radical (unpaired) electrons. The summed E-state index contributed by atoms with van der Waals surface area (Å²) >= 11 is 12.4. The van der Waals surface area contributed by atoms with E-state index in [-0.39, 0.29) is 24.9 Å². The summed E-state index contributed by atoms with van der Waals surface area (Å²) in [6.07, 6.45) is 0.324. The molecule has 4 atom stereocenters. The van der Waals surface area contributed by atoms with Gasteiger partial charge in [0.1, 0.15) is 6.04 Å². The number of carbonyl (C=O) groups excluding carboxylic acids is 2. The van der Waals surface area contributed by atoms with E-state index in [9.17, 15) is 19.5 Å². The number of hydrogen-bond acceptors (Lipinski definition) is 4. The number of likely N-dealkylation sites (tertiary alicyclic amines) is 1. The van der Waals surface area contributed by atoms with Crippen LogP contribution < -0.4 is 0 Å². The Morgan fingerprint density at radius 3 is 2.36 bits per heavy atom. The number of amides is 1. The van der Waals surface area contributed by atoms with E-state index in [1.807, 2.05) is 37.3 Å². The van der Waals surface area contributed by atoms with Crippen molar-refractivity contribution in [1.29, 1.82) is 0 Å². The first-order chi connectivity index (χ1) is 15.8. The van der Waals surface area contributed by atoms with Gasteiger partial charge in [-0.25, -0.2) is 4.79 Å². The second kappa shape index (κ2) is 11.0. The molecule has 1 saturated heterocycles. The Balaban J connectivity index is 2.20. The number of esters is 1. The number of aliphatic carboxylic acids is 1. The number of carbonyl (C=O) groups is 3. The van der Waals surface area contributed by atoms with Crippen molar-refractivity contribution >= 4 is 41.0 Å². The number of carboxylic acids is 1. The average molecular weight is 492 g/mol. The Morgan fingerprint density at radius 1 is 1.09 bits per heavy atom. The summed E-state index contributed by atoms with van der Waals surface area (Å²) in [5.41, 5.74) is 1.67. The van der Waals surface area contributed by atoms with Crippen LogP contribution in [0.25, 0.3) is 0 Å². The van der Waals surface area contributed by atoms with Crippen molar-refractivity contribution in [1.82, 2.24) is 4.90 Å². The van der Waals surface area contributed by atoms with E-state index in [1.165, 1.54) is 4.90 Å². The van der Waals surface area contributed by atoms with Gasteiger partial charge in [-0.1, -0.05) is 54.4 Å². The predicted molar refractivity (Wildman–Crippen MR) is 126 cm³/mol. The van der Waals surface area contributed by atoms with Gasteiger partial charge in [0.05, 0.1) is 19.1 Å². The molecule has 176 valence electrons. The maximum absolute atomic E-state index is 13.7. The van der Waals surface area contributed by atoms with Crippen molar-refractivity contribution in [3.63, 3.8) is 0 Å². The molecule has 2 unspecified atom stereocenters. The van der Waals surface area contributed by atoms with E-state index >= 15 is 0 Å². The summed E-state index contributed by atoms with van der Waals surface area (Å²) in [6, 6.07) is 13.1. The Hall–Kier alpha value is -2.57. The van der Waals surface area contributed by atoms with Gasteiger partial charge in [-0.15, -0.1) is 0 Å². The fraction of sp³-hybridized carbons (Fsp3) is 0.400. The van der Waals surface area contributed by atoms with Crippen LogP contribution in [-0.2, 0) is 19.1 Å². The first kappa shape index (κ1) is 25.1. The van der Waals surface area contributed by atoms with Gasteiger partial charge in [-0.3, -0.25) is 9.59 Å². The second-order valence-electron chi connectivity index (χ2n) is 8.11. The molecule has 8 heteroatoms. The average Bonchev–Trinajstić information content (AvgIpc) is 2.77. The molecule has 1 aliphatic heterocycles. The number of hydrogen-bond donors (Lipinski definition) is 1. The highest BCUT2D eigenvalue weighted by Gasteiger charge is 2.48. The van der Waals surface area contributed by atoms with Gasteiger partial charge in [-0.2, -0.15) is 0 Å². The van der Waals surface area contributed by atoms with Gasteiger partial charge in [0.2, 0.25) is 5.91 Å². The predicted octanol–water partition coefficient (Wildman–Crippen LogP) is 5.48. The summed E-state index contributed by atoms with van der Waals surface area (Å²) < 4.78 is 5.28. The molecular formula is C25H27Cl2NO5. The minimum absolute atomic E-state index is 0.180. The SMILES string of the molecule is CCOC(=O)C(CC)N1C(=O)[C@@H](CC(=O)O)C[C@H](c2cccc(Cl)c2)C1c1ccc(Cl)cc1. The molecule has 1 N–H and O–H groups in total. The molecule has 0 bridgehead atoms. The third-order valence-electron chi connectivity index (χ3n) is 6.01. The van der Waals surface area contributed by atoms with Crippen molar-refractivity contribution in [2.75, 3.05) is 6.61 Å². The van der Waals surface area contributed by atoms with Gasteiger partial charge in [-0.05, 0) is 55.2 Å². The van der Waals surface area contributed by atoms with Gasteiger partial charge >= 0.3 is 11.9 Å². The molecular weight excluding hydrogens is 465 g/mol. The monoisotopic (exact) mass is 491 g/mol. The third kappa shape index (κ3) is 5.68. The highest BCUT2D eigenvalue weighted by Crippen LogP contribution is 2.47. The molecule has 1 amide bonds. The van der Waals surface area contributed by atoms with Crippen molar-refractivity contribution in [3.8, 4) is 0 Å². The molecule has 6 nitrogen and oxygen atoms in total. The minimum atomic E-state index is -1.06. The number of rotatable bonds is 8. The van der Waals surface area contributed by atoms with Crippen molar-refractivity contribution in [2.45, 2.75) is 51.1 Å². The van der Waals surface area contributed by atoms with Crippen LogP contribution in [0.15, 0.2) is 48.5 Å². The van der Waals surface area contributed by atoms with E-state index < -0.39 is 29.9 Å². The zero-order valence-electron chi connectivity index (χ0n) is 18.5. The maximum Gasteiger partial charge on any atom is 0.328 e. The van der Waals surface area contributed by atoms with E-state index in [2.05, 4.69) is 0 Å². The zero-order chi connectivity index (χ0) is 24.1. The first-order valence-corrected chi connectivity index (χ1v) is 11.7. The minimum Gasteiger partial charge on any atom is -0.481 e. The van der Waals surface area contributed by atoms with E-state index in [4.69, 9.17) is 27.9 Å². The number of piperidine rings is 1. The van der Waals surface area contributed by atoms with Crippen LogP contribution in [0.2, 0.25) is 10.0 Å². The molecule has 33 heavy (non-hydrogen) atoms. The Labute approximate surface area is 203 Å². The van der Waals surface area contributed by atoms with E-state index in [1.54, 1.807) is 25.1 Å². The van der Waals surface area contributed by atoms with Crippen LogP contribution in [0.5, 0.6) is 0 Å². The molecule has 1 fully saturated rings. The molecule has 2 aromatic carbocycles. The van der Waals surface area contributed by atoms with Crippen LogP contribution in [0.3, 0.4) is 0 Å². The third-order valence-corrected chi connectivity index (χ3v) is 6.50. The Morgan fingerprint density at radius 2 is 1.79 bits per heavy atom. The molecule has 3 rings (SSSR count). The molecule has 0 saturated carbocycles. The van der Waals surface area contributed by atoms with E-state index in [0.717, 1.165) is 11.1 Å². The lowest BCUT2D eigenvalue weighted by atomic mass is 9.74. The lowest BCUT2D eigenvalue weighted by Gasteiger charge is -2.47. The molecule has 0 aromatic heterocycles. The number of nitrogens with zero attached hydrogens (tertiary/aromatic N) is 1. The van der Waals surface area contributed by atoms with Crippen LogP contribution in [0, 0.1) is 5.92 Å². The topological polar surface area (TPSA) is 83.9 Å². The largest absolute Gasteiger partial charge is 0.481 e. The fourth-order valence-electron chi connectivity index (χ4n) is 4.63. The highest BCUT2D eigenvalue weighted by atomic mass is 35.5. The zero-order valence-corrected chi connectivity index (χ0v) is 20.1. The normalized spacial score (nSPS) is 21.5. The standard InChI is InChI=1S/C25H27Cl2NO5/c1-3-21(25(32)33-4-2)28-23(15-8-10-18(26)11-9-15)20(16-6-5-7-19(27)12-16)13-17(24(28)31)14-22(29)30/h5-12,17,20-21,23H,3-4,13-14H2,1-2H3,(H,29,30)/t17-,20-,21?,23?/m1/s1. The van der Waals surface area contributed by atoms with Gasteiger partial charge in [0.25, 0.3) is 0 Å². The number of benzene rings is 2. The van der Waals surface area contributed by atoms with Crippen molar-refractivity contribution < 1.29 is 24.2 Å². The van der Waals surface area contributed by atoms with Crippen molar-refractivity contribution in [2.24, 2.45) is 5.92 Å². The molecule has 1 heterocycles. The van der Waals surface area contributed by atoms with E-state index in [0.29, 0.717) is 22.9 Å². The number of ether oxygens (including phenoxy) is 1. The Kier molecular flexibility index (Phi) is 8.38. The molecule has 0 aliphatic carbocycles. The summed E-state index contributed by atoms with van der Waals surface area (Å²) in [5.74, 6) is -3.00.